The lowest BCUT2D eigenvalue weighted by atomic mass is 11.8. The summed E-state index contributed by atoms with van der Waals surface area (Å²) in [5.74, 6) is 0. The van der Waals surface area contributed by atoms with Crippen LogP contribution in [0, 0.1) is 0 Å². The monoisotopic (exact) mass is 296 g/mol. The fourth-order valence-corrected chi connectivity index (χ4v) is 17.4. The van der Waals surface area contributed by atoms with Gasteiger partial charge in [-0.05, 0) is 32.7 Å². The molecule has 0 spiro atoms. The third kappa shape index (κ3) is 5.39. The Labute approximate surface area is 106 Å². The summed E-state index contributed by atoms with van der Waals surface area (Å²) in [4.78, 5) is 0. The molecule has 2 unspecified atom stereocenters. The molecule has 0 fully saturated rings. The summed E-state index contributed by atoms with van der Waals surface area (Å²) in [6.07, 6.45) is 0. The number of hydrogen-bond donors (Lipinski definition) is 0. The van der Waals surface area contributed by atoms with Gasteiger partial charge in [0.2, 0.25) is 0 Å². The Balaban J connectivity index is 4.56. The van der Waals surface area contributed by atoms with Crippen LogP contribution in [0.15, 0.2) is 0 Å². The number of rotatable bonds is 6. The lowest BCUT2D eigenvalue weighted by Crippen LogP contribution is -2.62. The topological polar surface area (TPSA) is 27.7 Å². The summed E-state index contributed by atoms with van der Waals surface area (Å²) in [5.41, 5.74) is 0. The molecule has 0 rings (SSSR count). The highest BCUT2D eigenvalue weighted by Crippen LogP contribution is 2.22. The molecule has 98 valence electrons. The van der Waals surface area contributed by atoms with Crippen molar-refractivity contribution in [1.82, 2.24) is 0 Å². The number of hydrogen-bond acceptors (Lipinski definition) is 3. The predicted molar refractivity (Wildman–Crippen MR) is 80.5 cm³/mol. The average Bonchev–Trinajstić information content (AvgIpc) is 1.97. The first-order valence-electron chi connectivity index (χ1n) is 5.82. The van der Waals surface area contributed by atoms with Gasteiger partial charge in [-0.1, -0.05) is 19.6 Å². The van der Waals surface area contributed by atoms with Crippen molar-refractivity contribution in [3.8, 4) is 0 Å². The van der Waals surface area contributed by atoms with Gasteiger partial charge in [0.1, 0.15) is 7.59 Å². The fourth-order valence-electron chi connectivity index (χ4n) is 1.37. The molecule has 0 aromatic carbocycles. The molecule has 0 saturated carbocycles. The Hall–Kier alpha value is 0.748. The van der Waals surface area contributed by atoms with Gasteiger partial charge in [0, 0.05) is 7.11 Å². The van der Waals surface area contributed by atoms with Gasteiger partial charge >= 0.3 is 8.08 Å². The lowest BCUT2D eigenvalue weighted by Gasteiger charge is -2.39. The van der Waals surface area contributed by atoms with Crippen molar-refractivity contribution in [1.29, 1.82) is 0 Å². The smallest absolute Gasteiger partial charge is 0.303 e. The highest BCUT2D eigenvalue weighted by atomic mass is 29.3. The van der Waals surface area contributed by atoms with Crippen molar-refractivity contribution < 1.29 is 12.7 Å². The van der Waals surface area contributed by atoms with Gasteiger partial charge < -0.3 is 12.7 Å². The van der Waals surface area contributed by atoms with Crippen LogP contribution in [0.3, 0.4) is 0 Å². The van der Waals surface area contributed by atoms with Crippen LogP contribution >= 0.6 is 0 Å². The van der Waals surface area contributed by atoms with E-state index in [0.717, 1.165) is 0 Å². The van der Waals surface area contributed by atoms with Crippen molar-refractivity contribution in [2.24, 2.45) is 0 Å². The van der Waals surface area contributed by atoms with Crippen molar-refractivity contribution >= 4 is 33.3 Å². The molecule has 7 heteroatoms. The van der Waals surface area contributed by atoms with Crippen LogP contribution in [0.2, 0.25) is 52.4 Å². The van der Waals surface area contributed by atoms with Crippen molar-refractivity contribution in [3.63, 3.8) is 0 Å². The van der Waals surface area contributed by atoms with E-state index in [9.17, 15) is 0 Å². The first-order valence-corrected chi connectivity index (χ1v) is 18.1. The summed E-state index contributed by atoms with van der Waals surface area (Å²) < 4.78 is 18.1. The average molecular weight is 297 g/mol. The maximum atomic E-state index is 6.26. The van der Waals surface area contributed by atoms with E-state index < -0.39 is 33.3 Å². The van der Waals surface area contributed by atoms with E-state index in [1.165, 1.54) is 0 Å². The van der Waals surface area contributed by atoms with Crippen molar-refractivity contribution in [3.05, 3.63) is 0 Å². The van der Waals surface area contributed by atoms with E-state index in [1.807, 2.05) is 0 Å². The van der Waals surface area contributed by atoms with E-state index in [1.54, 1.807) is 7.11 Å². The highest BCUT2D eigenvalue weighted by Gasteiger charge is 2.46. The van der Waals surface area contributed by atoms with E-state index in [-0.39, 0.29) is 0 Å². The van der Waals surface area contributed by atoms with Gasteiger partial charge in [-0.2, -0.15) is 0 Å². The minimum Gasteiger partial charge on any atom is -0.439 e. The second kappa shape index (κ2) is 5.59. The molecule has 0 aliphatic heterocycles. The summed E-state index contributed by atoms with van der Waals surface area (Å²) in [6.45, 7) is 17.9. The minimum absolute atomic E-state index is 1.38. The molecular formula is C9H28O3Si4. The molecule has 0 N–H and O–H groups in total. The van der Waals surface area contributed by atoms with Crippen LogP contribution in [-0.4, -0.2) is 40.4 Å². The van der Waals surface area contributed by atoms with Crippen LogP contribution in [0.5, 0.6) is 0 Å². The SMILES string of the molecule is CO[Si](C)(O[SiH](C)O[Si](C)(C)C)[Si](C)(C)C. The maximum absolute atomic E-state index is 6.26. The molecule has 3 nitrogen and oxygen atoms in total. The normalized spacial score (nSPS) is 19.3. The Morgan fingerprint density at radius 3 is 1.50 bits per heavy atom. The maximum Gasteiger partial charge on any atom is 0.303 e. The molecule has 0 aliphatic carbocycles. The Morgan fingerprint density at radius 2 is 1.25 bits per heavy atom. The summed E-state index contributed by atoms with van der Waals surface area (Å²) >= 11 is 0. The molecule has 0 heterocycles. The molecule has 0 saturated heterocycles. The Bertz CT molecular complexity index is 224. The molecule has 0 bridgehead atoms. The van der Waals surface area contributed by atoms with Gasteiger partial charge in [0.25, 0.3) is 9.28 Å². The standard InChI is InChI=1S/C9H28O3Si4/c1-10-16(9,15(6,7)8)12-13(2)11-14(3,4)5/h13H,1-9H3. The zero-order chi connectivity index (χ0) is 13.2. The first kappa shape index (κ1) is 16.7. The van der Waals surface area contributed by atoms with E-state index in [4.69, 9.17) is 12.7 Å². The molecule has 2 atom stereocenters. The van der Waals surface area contributed by atoms with Crippen LogP contribution < -0.4 is 0 Å². The fraction of sp³-hybridized carbons (Fsp3) is 1.00. The predicted octanol–water partition coefficient (Wildman–Crippen LogP) is 2.84. The molecule has 0 radical (unpaired) electrons. The molecular weight excluding hydrogens is 268 g/mol. The van der Waals surface area contributed by atoms with Crippen molar-refractivity contribution in [2.45, 2.75) is 52.4 Å². The van der Waals surface area contributed by atoms with E-state index in [0.29, 0.717) is 0 Å². The van der Waals surface area contributed by atoms with Crippen LogP contribution in [0.4, 0.5) is 0 Å². The zero-order valence-corrected chi connectivity index (χ0v) is 16.5. The third-order valence-corrected chi connectivity index (χ3v) is 23.3. The quantitative estimate of drug-likeness (QED) is 0.706. The zero-order valence-electron chi connectivity index (χ0n) is 12.3. The van der Waals surface area contributed by atoms with Gasteiger partial charge in [0.05, 0.1) is 0 Å². The van der Waals surface area contributed by atoms with Gasteiger partial charge in [-0.25, -0.2) is 0 Å². The summed E-state index contributed by atoms with van der Waals surface area (Å²) in [5, 5.41) is 0. The first-order chi connectivity index (χ1) is 6.91. The second-order valence-corrected chi connectivity index (χ2v) is 27.6. The molecule has 16 heavy (non-hydrogen) atoms. The van der Waals surface area contributed by atoms with Gasteiger partial charge in [-0.3, -0.25) is 0 Å². The summed E-state index contributed by atoms with van der Waals surface area (Å²) in [7, 11) is -4.59. The molecule has 0 aromatic rings. The van der Waals surface area contributed by atoms with Crippen molar-refractivity contribution in [2.75, 3.05) is 7.11 Å². The van der Waals surface area contributed by atoms with Crippen LogP contribution in [0.1, 0.15) is 0 Å². The third-order valence-electron chi connectivity index (χ3n) is 2.66. The minimum atomic E-state index is -1.99. The molecule has 0 aliphatic rings. The molecule has 0 amide bonds. The lowest BCUT2D eigenvalue weighted by molar-refractivity contribution is 0.304. The highest BCUT2D eigenvalue weighted by molar-refractivity contribution is 7.36. The van der Waals surface area contributed by atoms with Gasteiger partial charge in [0.15, 0.2) is 8.32 Å². The molecule has 0 aromatic heterocycles. The van der Waals surface area contributed by atoms with Crippen LogP contribution in [0.25, 0.3) is 0 Å². The van der Waals surface area contributed by atoms with E-state index >= 15 is 0 Å². The van der Waals surface area contributed by atoms with E-state index in [2.05, 4.69) is 52.4 Å². The van der Waals surface area contributed by atoms with Crippen LogP contribution in [-0.2, 0) is 12.7 Å². The summed E-state index contributed by atoms with van der Waals surface area (Å²) in [6, 6.07) is 0. The largest absolute Gasteiger partial charge is 0.439 e. The Kier molecular flexibility index (Phi) is 5.85. The Morgan fingerprint density at radius 1 is 0.812 bits per heavy atom. The second-order valence-electron chi connectivity index (χ2n) is 6.32. The van der Waals surface area contributed by atoms with Gasteiger partial charge in [-0.15, -0.1) is 0 Å².